The van der Waals surface area contributed by atoms with Gasteiger partial charge in [-0.2, -0.15) is 39.5 Å². The van der Waals surface area contributed by atoms with Crippen molar-refractivity contribution in [2.75, 3.05) is 0 Å². The molecule has 0 aromatic carbocycles. The standard InChI is InChI=1S/C9H7F9O2/c1-2-4(5(19)20)3-6(10,11)7(12,13)8(14,15)9(16,17)18/h3H,2H2,1H3,(H,19,20). The highest BCUT2D eigenvalue weighted by Gasteiger charge is 2.81. The highest BCUT2D eigenvalue weighted by Crippen LogP contribution is 2.53. The summed E-state index contributed by atoms with van der Waals surface area (Å²) in [4.78, 5) is 10.3. The van der Waals surface area contributed by atoms with Gasteiger partial charge in [-0.1, -0.05) is 6.92 Å². The summed E-state index contributed by atoms with van der Waals surface area (Å²) in [5, 5.41) is 8.31. The number of rotatable bonds is 5. The number of halogens is 9. The Hall–Kier alpha value is -1.42. The summed E-state index contributed by atoms with van der Waals surface area (Å²) in [6.45, 7) is 0.913. The topological polar surface area (TPSA) is 37.3 Å². The van der Waals surface area contributed by atoms with Gasteiger partial charge in [0.15, 0.2) is 0 Å². The Kier molecular flexibility index (Phi) is 4.80. The lowest BCUT2D eigenvalue weighted by Gasteiger charge is -2.32. The Balaban J connectivity index is 5.87. The minimum atomic E-state index is -7.03. The Labute approximate surface area is 105 Å². The minimum Gasteiger partial charge on any atom is -0.478 e. The third kappa shape index (κ3) is 3.01. The van der Waals surface area contributed by atoms with Crippen LogP contribution in [0.25, 0.3) is 0 Å². The Morgan fingerprint density at radius 2 is 1.35 bits per heavy atom. The fourth-order valence-electron chi connectivity index (χ4n) is 1.01. The second kappa shape index (κ2) is 5.17. The van der Waals surface area contributed by atoms with Gasteiger partial charge < -0.3 is 5.11 Å². The van der Waals surface area contributed by atoms with E-state index in [1.165, 1.54) is 0 Å². The van der Waals surface area contributed by atoms with Crippen LogP contribution in [0.2, 0.25) is 0 Å². The molecule has 0 amide bonds. The molecule has 0 aliphatic rings. The third-order valence-electron chi connectivity index (χ3n) is 2.18. The van der Waals surface area contributed by atoms with Gasteiger partial charge >= 0.3 is 29.9 Å². The van der Waals surface area contributed by atoms with Gasteiger partial charge in [0.05, 0.1) is 0 Å². The molecule has 0 atom stereocenters. The quantitative estimate of drug-likeness (QED) is 0.617. The molecular weight excluding hydrogens is 311 g/mol. The molecule has 0 aliphatic heterocycles. The van der Waals surface area contributed by atoms with Crippen molar-refractivity contribution in [3.05, 3.63) is 11.6 Å². The van der Waals surface area contributed by atoms with Crippen LogP contribution in [-0.4, -0.2) is 35.0 Å². The molecule has 0 aromatic rings. The number of carboxylic acids is 1. The van der Waals surface area contributed by atoms with Crippen LogP contribution < -0.4 is 0 Å². The van der Waals surface area contributed by atoms with Crippen LogP contribution in [0, 0.1) is 0 Å². The molecule has 0 saturated carbocycles. The SMILES string of the molecule is CCC(=CC(F)(F)C(F)(F)C(F)(F)C(F)(F)F)C(=O)O. The van der Waals surface area contributed by atoms with E-state index in [2.05, 4.69) is 0 Å². The highest BCUT2D eigenvalue weighted by atomic mass is 19.4. The summed E-state index contributed by atoms with van der Waals surface area (Å²) in [6, 6.07) is 0. The maximum absolute atomic E-state index is 13.0. The van der Waals surface area contributed by atoms with Crippen molar-refractivity contribution in [2.45, 2.75) is 37.3 Å². The van der Waals surface area contributed by atoms with Gasteiger partial charge in [0, 0.05) is 11.6 Å². The molecule has 0 aliphatic carbocycles. The predicted octanol–water partition coefficient (Wildman–Crippen LogP) is 3.88. The fourth-order valence-corrected chi connectivity index (χ4v) is 1.01. The van der Waals surface area contributed by atoms with Crippen LogP contribution >= 0.6 is 0 Å². The molecular formula is C9H7F9O2. The lowest BCUT2D eigenvalue weighted by atomic mass is 10.0. The van der Waals surface area contributed by atoms with Gasteiger partial charge in [-0.05, 0) is 6.42 Å². The highest BCUT2D eigenvalue weighted by molar-refractivity contribution is 5.86. The zero-order valence-electron chi connectivity index (χ0n) is 9.54. The molecule has 0 aromatic heterocycles. The largest absolute Gasteiger partial charge is 0.478 e. The number of allylic oxidation sites excluding steroid dienone is 1. The molecule has 0 radical (unpaired) electrons. The van der Waals surface area contributed by atoms with Crippen LogP contribution in [0.1, 0.15) is 13.3 Å². The number of carbonyl (C=O) groups is 1. The summed E-state index contributed by atoms with van der Waals surface area (Å²) in [6.07, 6.45) is -8.81. The Morgan fingerprint density at radius 3 is 1.60 bits per heavy atom. The van der Waals surface area contributed by atoms with Crippen molar-refractivity contribution in [2.24, 2.45) is 0 Å². The molecule has 20 heavy (non-hydrogen) atoms. The van der Waals surface area contributed by atoms with Crippen molar-refractivity contribution in [1.29, 1.82) is 0 Å². The Bertz CT molecular complexity index is 408. The van der Waals surface area contributed by atoms with E-state index >= 15 is 0 Å². The van der Waals surface area contributed by atoms with Gasteiger partial charge in [-0.25, -0.2) is 4.79 Å². The van der Waals surface area contributed by atoms with Crippen LogP contribution in [0.3, 0.4) is 0 Å². The average Bonchev–Trinajstić information content (AvgIpc) is 2.23. The smallest absolute Gasteiger partial charge is 0.460 e. The summed E-state index contributed by atoms with van der Waals surface area (Å²) in [7, 11) is 0. The minimum absolute atomic E-state index is 0.779. The monoisotopic (exact) mass is 318 g/mol. The van der Waals surface area contributed by atoms with Crippen molar-refractivity contribution in [3.63, 3.8) is 0 Å². The zero-order chi connectivity index (χ0) is 16.6. The number of alkyl halides is 9. The van der Waals surface area contributed by atoms with E-state index in [4.69, 9.17) is 5.11 Å². The van der Waals surface area contributed by atoms with Gasteiger partial charge in [-0.15, -0.1) is 0 Å². The molecule has 0 rings (SSSR count). The second-order valence-electron chi connectivity index (χ2n) is 3.60. The van der Waals surface area contributed by atoms with Crippen LogP contribution in [0.5, 0.6) is 0 Å². The molecule has 2 nitrogen and oxygen atoms in total. The van der Waals surface area contributed by atoms with Gasteiger partial charge in [0.1, 0.15) is 0 Å². The summed E-state index contributed by atoms with van der Waals surface area (Å²) >= 11 is 0. The van der Waals surface area contributed by atoms with Crippen LogP contribution in [0.4, 0.5) is 39.5 Å². The van der Waals surface area contributed by atoms with E-state index < -0.39 is 48.0 Å². The van der Waals surface area contributed by atoms with E-state index in [9.17, 15) is 44.3 Å². The number of aliphatic carboxylic acids is 1. The van der Waals surface area contributed by atoms with Crippen molar-refractivity contribution in [3.8, 4) is 0 Å². The van der Waals surface area contributed by atoms with Crippen molar-refractivity contribution >= 4 is 5.97 Å². The molecule has 0 heterocycles. The number of hydrogen-bond donors (Lipinski definition) is 1. The molecule has 11 heteroatoms. The molecule has 0 spiro atoms. The van der Waals surface area contributed by atoms with E-state index in [-0.39, 0.29) is 0 Å². The molecule has 118 valence electrons. The normalized spacial score (nSPS) is 15.4. The maximum Gasteiger partial charge on any atom is 0.460 e. The predicted molar refractivity (Wildman–Crippen MR) is 46.9 cm³/mol. The Morgan fingerprint density at radius 1 is 0.950 bits per heavy atom. The van der Waals surface area contributed by atoms with Crippen molar-refractivity contribution in [1.82, 2.24) is 0 Å². The lowest BCUT2D eigenvalue weighted by Crippen LogP contribution is -2.60. The summed E-state index contributed by atoms with van der Waals surface area (Å²) < 4.78 is 112. The summed E-state index contributed by atoms with van der Waals surface area (Å²) in [5.41, 5.74) is -1.42. The van der Waals surface area contributed by atoms with Gasteiger partial charge in [0.25, 0.3) is 0 Å². The first-order valence-electron chi connectivity index (χ1n) is 4.77. The van der Waals surface area contributed by atoms with E-state index in [1.54, 1.807) is 0 Å². The zero-order valence-corrected chi connectivity index (χ0v) is 9.54. The molecule has 1 N–H and O–H groups in total. The average molecular weight is 318 g/mol. The lowest BCUT2D eigenvalue weighted by molar-refractivity contribution is -0.388. The fraction of sp³-hybridized carbons (Fsp3) is 0.667. The van der Waals surface area contributed by atoms with Crippen LogP contribution in [-0.2, 0) is 4.79 Å². The van der Waals surface area contributed by atoms with Gasteiger partial charge in [0.2, 0.25) is 0 Å². The third-order valence-corrected chi connectivity index (χ3v) is 2.18. The van der Waals surface area contributed by atoms with Crippen molar-refractivity contribution < 1.29 is 49.4 Å². The maximum atomic E-state index is 13.0. The van der Waals surface area contributed by atoms with E-state index in [0.29, 0.717) is 0 Å². The first-order valence-corrected chi connectivity index (χ1v) is 4.77. The molecule has 0 fully saturated rings. The number of carboxylic acid groups (broad SMARTS) is 1. The summed E-state index contributed by atoms with van der Waals surface area (Å²) in [5.74, 6) is -22.0. The molecule has 0 saturated heterocycles. The number of hydrogen-bond acceptors (Lipinski definition) is 1. The first-order chi connectivity index (χ1) is 8.62. The second-order valence-corrected chi connectivity index (χ2v) is 3.60. The van der Waals surface area contributed by atoms with Gasteiger partial charge in [-0.3, -0.25) is 0 Å². The van der Waals surface area contributed by atoms with Crippen LogP contribution in [0.15, 0.2) is 11.6 Å². The molecule has 0 bridgehead atoms. The first kappa shape index (κ1) is 18.6. The molecule has 0 unspecified atom stereocenters. The van der Waals surface area contributed by atoms with E-state index in [1.807, 2.05) is 0 Å². The van der Waals surface area contributed by atoms with E-state index in [0.717, 1.165) is 6.92 Å².